The smallest absolute Gasteiger partial charge is 0.126 e. The van der Waals surface area contributed by atoms with Crippen LogP contribution in [-0.2, 0) is 26.4 Å². The summed E-state index contributed by atoms with van der Waals surface area (Å²) in [5.74, 6) is 5.72. The summed E-state index contributed by atoms with van der Waals surface area (Å²) in [5.41, 5.74) is 5.23. The highest BCUT2D eigenvalue weighted by Gasteiger charge is 2.11. The second-order valence-corrected chi connectivity index (χ2v) is 13.2. The summed E-state index contributed by atoms with van der Waals surface area (Å²) in [6.45, 7) is 10.9. The molecule has 284 valence electrons. The average molecular weight is 749 g/mol. The lowest BCUT2D eigenvalue weighted by Crippen LogP contribution is -2.11. The van der Waals surface area contributed by atoms with Gasteiger partial charge in [0.15, 0.2) is 0 Å². The monoisotopic (exact) mass is 748 g/mol. The summed E-state index contributed by atoms with van der Waals surface area (Å²) in [5, 5.41) is 0. The van der Waals surface area contributed by atoms with E-state index in [1.54, 1.807) is 0 Å². The molecular weight excluding hydrogens is 705 g/mol. The molecule has 8 heteroatoms. The molecule has 0 atom stereocenters. The molecule has 4 bridgehead atoms. The first-order chi connectivity index (χ1) is 27.6. The summed E-state index contributed by atoms with van der Waals surface area (Å²) in [6.07, 6.45) is 0. The zero-order valence-electron chi connectivity index (χ0n) is 31.2. The molecule has 4 aliphatic heterocycles. The fourth-order valence-electron chi connectivity index (χ4n) is 5.77. The maximum absolute atomic E-state index is 6.17. The lowest BCUT2D eigenvalue weighted by Gasteiger charge is -2.16. The van der Waals surface area contributed by atoms with E-state index < -0.39 is 0 Å². The van der Waals surface area contributed by atoms with Crippen molar-refractivity contribution in [2.75, 3.05) is 26.4 Å². The molecule has 0 amide bonds. The van der Waals surface area contributed by atoms with E-state index in [2.05, 4.69) is 13.2 Å². The zero-order chi connectivity index (χ0) is 38.4. The van der Waals surface area contributed by atoms with Crippen LogP contribution < -0.4 is 37.9 Å². The van der Waals surface area contributed by atoms with Crippen LogP contribution in [0.1, 0.15) is 22.3 Å². The van der Waals surface area contributed by atoms with Gasteiger partial charge in [0.1, 0.15) is 98.9 Å². The summed E-state index contributed by atoms with van der Waals surface area (Å²) in [4.78, 5) is 0. The Balaban J connectivity index is 1.05. The van der Waals surface area contributed by atoms with Crippen LogP contribution in [0.4, 0.5) is 0 Å². The third kappa shape index (κ3) is 10.7. The predicted molar refractivity (Wildman–Crippen MR) is 216 cm³/mol. The number of hydrogen-bond acceptors (Lipinski definition) is 8. The van der Waals surface area contributed by atoms with Crippen LogP contribution in [0.5, 0.6) is 46.0 Å². The van der Waals surface area contributed by atoms with Crippen molar-refractivity contribution in [1.29, 1.82) is 0 Å². The SMILES string of the molecule is C=C1COc2ccccc2COc2ccc(cc2)OCc2ccccc2OCC(=C)COc2ccccc2COc2ccc(cc2)OCc2ccccc2OC1. The topological polar surface area (TPSA) is 73.8 Å². The molecule has 0 aliphatic carbocycles. The van der Waals surface area contributed by atoms with Gasteiger partial charge < -0.3 is 37.9 Å². The van der Waals surface area contributed by atoms with Gasteiger partial charge in [0.25, 0.3) is 0 Å². The Morgan fingerprint density at radius 3 is 0.696 bits per heavy atom. The highest BCUT2D eigenvalue weighted by atomic mass is 16.5. The van der Waals surface area contributed by atoms with E-state index in [0.29, 0.717) is 49.4 Å². The minimum absolute atomic E-state index is 0.289. The molecule has 6 aromatic carbocycles. The van der Waals surface area contributed by atoms with E-state index in [9.17, 15) is 0 Å². The summed E-state index contributed by atoms with van der Waals surface area (Å²) < 4.78 is 49.2. The second-order valence-electron chi connectivity index (χ2n) is 13.2. The van der Waals surface area contributed by atoms with Gasteiger partial charge in [-0.3, -0.25) is 0 Å². The first kappa shape index (κ1) is 37.5. The number of benzene rings is 6. The second kappa shape index (κ2) is 19.0. The number of hydrogen-bond donors (Lipinski definition) is 0. The minimum Gasteiger partial charge on any atom is -0.489 e. The first-order valence-electron chi connectivity index (χ1n) is 18.4. The molecule has 6 aromatic rings. The quantitative estimate of drug-likeness (QED) is 0.142. The molecule has 4 heterocycles. The molecule has 8 nitrogen and oxygen atoms in total. The standard InChI is InChI=1S/C48H44O8/c1-35-27-53-45-15-7-3-11-37(45)31-49-41-19-23-43(24-20-41)51-33-39-13-5-9-17-47(39)55-29-36(2)30-56-48-18-10-6-14-40(48)34-52-44-25-21-42(22-26-44)50-32-38-12-4-8-16-46(38)54-28-35/h3-26H,1-2,27-34H2. The van der Waals surface area contributed by atoms with Crippen LogP contribution >= 0.6 is 0 Å². The maximum atomic E-state index is 6.17. The summed E-state index contributed by atoms with van der Waals surface area (Å²) in [7, 11) is 0. The van der Waals surface area contributed by atoms with Gasteiger partial charge in [-0.05, 0) is 83.9 Å². The molecule has 0 radical (unpaired) electrons. The third-order valence-electron chi connectivity index (χ3n) is 8.84. The average Bonchev–Trinajstić information content (AvgIpc) is 3.24. The highest BCUT2D eigenvalue weighted by Crippen LogP contribution is 2.28. The molecule has 0 saturated carbocycles. The van der Waals surface area contributed by atoms with Crippen molar-refractivity contribution < 1.29 is 37.9 Å². The number of ether oxygens (including phenoxy) is 8. The van der Waals surface area contributed by atoms with E-state index in [1.807, 2.05) is 146 Å². The van der Waals surface area contributed by atoms with Crippen LogP contribution in [0, 0.1) is 0 Å². The van der Waals surface area contributed by atoms with Crippen molar-refractivity contribution in [1.82, 2.24) is 0 Å². The Labute approximate surface area is 328 Å². The Bertz CT molecular complexity index is 1900. The first-order valence-corrected chi connectivity index (χ1v) is 18.4. The number of rotatable bonds is 0. The Hall–Kier alpha value is -6.80. The Morgan fingerprint density at radius 1 is 0.250 bits per heavy atom. The van der Waals surface area contributed by atoms with Gasteiger partial charge in [0, 0.05) is 22.3 Å². The van der Waals surface area contributed by atoms with Crippen molar-refractivity contribution >= 4 is 0 Å². The van der Waals surface area contributed by atoms with Gasteiger partial charge >= 0.3 is 0 Å². The molecule has 0 saturated heterocycles. The van der Waals surface area contributed by atoms with Gasteiger partial charge in [-0.1, -0.05) is 86.0 Å². The van der Waals surface area contributed by atoms with Crippen LogP contribution in [-0.4, -0.2) is 26.4 Å². The summed E-state index contributed by atoms with van der Waals surface area (Å²) in [6, 6.07) is 46.3. The molecule has 0 fully saturated rings. The largest absolute Gasteiger partial charge is 0.489 e. The molecule has 0 aromatic heterocycles. The van der Waals surface area contributed by atoms with E-state index in [4.69, 9.17) is 37.9 Å². The lowest BCUT2D eigenvalue weighted by molar-refractivity contribution is 0.267. The van der Waals surface area contributed by atoms with Crippen molar-refractivity contribution in [2.45, 2.75) is 26.4 Å². The van der Waals surface area contributed by atoms with Crippen LogP contribution in [0.3, 0.4) is 0 Å². The molecule has 0 unspecified atom stereocenters. The van der Waals surface area contributed by atoms with Crippen molar-refractivity contribution in [3.63, 3.8) is 0 Å². The Morgan fingerprint density at radius 2 is 0.464 bits per heavy atom. The van der Waals surface area contributed by atoms with Gasteiger partial charge in [-0.25, -0.2) is 0 Å². The fraction of sp³-hybridized carbons (Fsp3) is 0.167. The van der Waals surface area contributed by atoms with Crippen LogP contribution in [0.15, 0.2) is 170 Å². The molecule has 10 rings (SSSR count). The van der Waals surface area contributed by atoms with Gasteiger partial charge in [0.05, 0.1) is 0 Å². The normalized spacial score (nSPS) is 14.4. The van der Waals surface area contributed by atoms with Crippen molar-refractivity contribution in [3.8, 4) is 46.0 Å². The zero-order valence-corrected chi connectivity index (χ0v) is 31.2. The van der Waals surface area contributed by atoms with Crippen LogP contribution in [0.25, 0.3) is 0 Å². The summed E-state index contributed by atoms with van der Waals surface area (Å²) >= 11 is 0. The fourth-order valence-corrected chi connectivity index (χ4v) is 5.77. The highest BCUT2D eigenvalue weighted by molar-refractivity contribution is 5.39. The molecule has 0 N–H and O–H groups in total. The number of para-hydroxylation sites is 4. The molecule has 4 aliphatic rings. The molecular formula is C48H44O8. The van der Waals surface area contributed by atoms with E-state index >= 15 is 0 Å². The predicted octanol–water partition coefficient (Wildman–Crippen LogP) is 10.3. The molecule has 0 spiro atoms. The minimum atomic E-state index is 0.289. The van der Waals surface area contributed by atoms with Crippen molar-refractivity contribution in [2.24, 2.45) is 0 Å². The van der Waals surface area contributed by atoms with E-state index in [-0.39, 0.29) is 26.4 Å². The maximum Gasteiger partial charge on any atom is 0.126 e. The van der Waals surface area contributed by atoms with Crippen LogP contribution in [0.2, 0.25) is 0 Å². The van der Waals surface area contributed by atoms with Gasteiger partial charge in [-0.2, -0.15) is 0 Å². The molecule has 56 heavy (non-hydrogen) atoms. The van der Waals surface area contributed by atoms with E-state index in [0.717, 1.165) is 56.4 Å². The van der Waals surface area contributed by atoms with Crippen molar-refractivity contribution in [3.05, 3.63) is 192 Å². The van der Waals surface area contributed by atoms with E-state index in [1.165, 1.54) is 0 Å². The lowest BCUT2D eigenvalue weighted by atomic mass is 10.2. The van der Waals surface area contributed by atoms with Gasteiger partial charge in [-0.15, -0.1) is 0 Å². The third-order valence-corrected chi connectivity index (χ3v) is 8.84. The Kier molecular flexibility index (Phi) is 12.7. The van der Waals surface area contributed by atoms with Gasteiger partial charge in [0.2, 0.25) is 0 Å².